The van der Waals surface area contributed by atoms with Crippen molar-refractivity contribution in [2.24, 2.45) is 0 Å². The van der Waals surface area contributed by atoms with Crippen LogP contribution in [0.2, 0.25) is 0 Å². The van der Waals surface area contributed by atoms with Gasteiger partial charge in [0, 0.05) is 17.4 Å². The Morgan fingerprint density at radius 3 is 2.45 bits per heavy atom. The van der Waals surface area contributed by atoms with Gasteiger partial charge in [0.1, 0.15) is 5.75 Å². The molecule has 3 aromatic carbocycles. The summed E-state index contributed by atoms with van der Waals surface area (Å²) in [6, 6.07) is 24.0. The maximum atomic E-state index is 13.1. The Kier molecular flexibility index (Phi) is 6.00. The number of aromatic hydroxyl groups is 1. The van der Waals surface area contributed by atoms with Crippen LogP contribution in [0.25, 0.3) is 10.8 Å². The summed E-state index contributed by atoms with van der Waals surface area (Å²) in [5.41, 5.74) is 1.53. The second-order valence-electron chi connectivity index (χ2n) is 7.21. The number of thiophene rings is 1. The monoisotopic (exact) mass is 430 g/mol. The lowest BCUT2D eigenvalue weighted by Crippen LogP contribution is -2.29. The highest BCUT2D eigenvalue weighted by molar-refractivity contribution is 7.14. The largest absolute Gasteiger partial charge is 0.508 e. The van der Waals surface area contributed by atoms with E-state index in [-0.39, 0.29) is 17.6 Å². The Bertz CT molecular complexity index is 1230. The number of rotatable bonds is 6. The molecule has 0 fully saturated rings. The molecule has 0 saturated heterocycles. The summed E-state index contributed by atoms with van der Waals surface area (Å²) in [6.45, 7) is 1.85. The molecule has 31 heavy (non-hydrogen) atoms. The van der Waals surface area contributed by atoms with E-state index >= 15 is 0 Å². The van der Waals surface area contributed by atoms with Crippen LogP contribution in [0, 0.1) is 0 Å². The second kappa shape index (κ2) is 9.02. The molecule has 0 aliphatic heterocycles. The van der Waals surface area contributed by atoms with Crippen LogP contribution in [-0.2, 0) is 11.3 Å². The van der Waals surface area contributed by atoms with Gasteiger partial charge in [-0.15, -0.1) is 11.3 Å². The van der Waals surface area contributed by atoms with Gasteiger partial charge in [0.2, 0.25) is 5.91 Å². The molecule has 0 aliphatic carbocycles. The van der Waals surface area contributed by atoms with Crippen molar-refractivity contribution in [1.29, 1.82) is 0 Å². The number of amides is 2. The van der Waals surface area contributed by atoms with Crippen molar-refractivity contribution in [3.05, 3.63) is 99.7 Å². The van der Waals surface area contributed by atoms with Crippen molar-refractivity contribution in [3.63, 3.8) is 0 Å². The average molecular weight is 431 g/mol. The Labute approximate surface area is 184 Å². The summed E-state index contributed by atoms with van der Waals surface area (Å²) in [6.07, 6.45) is 0. The number of carbonyl (C=O) groups excluding carboxylic acids is 2. The third-order valence-corrected chi connectivity index (χ3v) is 6.13. The minimum atomic E-state index is -0.527. The normalized spacial score (nSPS) is 11.8. The van der Waals surface area contributed by atoms with E-state index in [2.05, 4.69) is 10.6 Å². The van der Waals surface area contributed by atoms with E-state index < -0.39 is 6.04 Å². The third kappa shape index (κ3) is 4.59. The van der Waals surface area contributed by atoms with Crippen molar-refractivity contribution in [3.8, 4) is 5.75 Å². The van der Waals surface area contributed by atoms with E-state index in [1.165, 1.54) is 18.3 Å². The van der Waals surface area contributed by atoms with E-state index in [9.17, 15) is 14.7 Å². The summed E-state index contributed by atoms with van der Waals surface area (Å²) in [7, 11) is 0. The Balaban J connectivity index is 1.71. The maximum Gasteiger partial charge on any atom is 0.262 e. The first kappa shape index (κ1) is 20.6. The van der Waals surface area contributed by atoms with E-state index in [0.717, 1.165) is 21.2 Å². The standard InChI is InChI=1S/C25H22N2O3S/c1-16(28)26-15-19-12-14-22(31-19)25(30)27-24(18-8-3-2-4-9-18)23-20-10-6-5-7-17(20)11-13-21(23)29/h2-14,24,29H,15H2,1H3,(H,26,28)(H,27,30). The summed E-state index contributed by atoms with van der Waals surface area (Å²) in [5, 5.41) is 18.5. The lowest BCUT2D eigenvalue weighted by atomic mass is 9.92. The van der Waals surface area contributed by atoms with Gasteiger partial charge in [-0.25, -0.2) is 0 Å². The molecular weight excluding hydrogens is 408 g/mol. The number of hydrogen-bond acceptors (Lipinski definition) is 4. The molecule has 0 radical (unpaired) electrons. The maximum absolute atomic E-state index is 13.1. The quantitative estimate of drug-likeness (QED) is 0.413. The van der Waals surface area contributed by atoms with Crippen LogP contribution in [0.3, 0.4) is 0 Å². The number of hydrogen-bond donors (Lipinski definition) is 3. The minimum absolute atomic E-state index is 0.116. The van der Waals surface area contributed by atoms with Crippen molar-refractivity contribution >= 4 is 33.9 Å². The zero-order chi connectivity index (χ0) is 21.8. The van der Waals surface area contributed by atoms with Gasteiger partial charge in [-0.1, -0.05) is 60.7 Å². The van der Waals surface area contributed by atoms with Gasteiger partial charge in [-0.2, -0.15) is 0 Å². The molecule has 0 saturated carbocycles. The molecule has 0 bridgehead atoms. The predicted octanol–water partition coefficient (Wildman–Crippen LogP) is 4.76. The fourth-order valence-electron chi connectivity index (χ4n) is 3.56. The van der Waals surface area contributed by atoms with Crippen molar-refractivity contribution in [2.45, 2.75) is 19.5 Å². The van der Waals surface area contributed by atoms with Gasteiger partial charge in [0.15, 0.2) is 0 Å². The molecule has 4 rings (SSSR count). The molecular formula is C25H22N2O3S. The zero-order valence-corrected chi connectivity index (χ0v) is 17.8. The van der Waals surface area contributed by atoms with Gasteiger partial charge in [-0.05, 0) is 34.5 Å². The van der Waals surface area contributed by atoms with Crippen molar-refractivity contribution in [1.82, 2.24) is 10.6 Å². The molecule has 1 unspecified atom stereocenters. The molecule has 2 amide bonds. The number of carbonyl (C=O) groups is 2. The first-order chi connectivity index (χ1) is 15.0. The van der Waals surface area contributed by atoms with Crippen molar-refractivity contribution in [2.75, 3.05) is 0 Å². The third-order valence-electron chi connectivity index (χ3n) is 5.04. The number of nitrogens with one attached hydrogen (secondary N) is 2. The van der Waals surface area contributed by atoms with Gasteiger partial charge in [0.25, 0.3) is 5.91 Å². The van der Waals surface area contributed by atoms with E-state index in [1.807, 2.05) is 66.7 Å². The smallest absolute Gasteiger partial charge is 0.262 e. The summed E-state index contributed by atoms with van der Waals surface area (Å²) in [4.78, 5) is 25.7. The first-order valence-electron chi connectivity index (χ1n) is 9.92. The number of phenols is 1. The number of fused-ring (bicyclic) bond motifs is 1. The Hall–Kier alpha value is -3.64. The van der Waals surface area contributed by atoms with Gasteiger partial charge in [-0.3, -0.25) is 9.59 Å². The Morgan fingerprint density at radius 1 is 0.935 bits per heavy atom. The average Bonchev–Trinajstić information content (AvgIpc) is 3.26. The molecule has 1 heterocycles. The zero-order valence-electron chi connectivity index (χ0n) is 17.0. The van der Waals surface area contributed by atoms with Crippen LogP contribution in [0.1, 0.15) is 38.6 Å². The van der Waals surface area contributed by atoms with Gasteiger partial charge >= 0.3 is 0 Å². The lowest BCUT2D eigenvalue weighted by Gasteiger charge is -2.22. The first-order valence-corrected chi connectivity index (χ1v) is 10.7. The molecule has 0 spiro atoms. The fraction of sp³-hybridized carbons (Fsp3) is 0.120. The molecule has 4 aromatic rings. The van der Waals surface area contributed by atoms with Crippen LogP contribution >= 0.6 is 11.3 Å². The van der Waals surface area contributed by atoms with E-state index in [0.29, 0.717) is 17.0 Å². The number of benzene rings is 3. The van der Waals surface area contributed by atoms with Gasteiger partial charge < -0.3 is 15.7 Å². The van der Waals surface area contributed by atoms with Crippen LogP contribution < -0.4 is 10.6 Å². The van der Waals surface area contributed by atoms with Crippen LogP contribution in [0.5, 0.6) is 5.75 Å². The molecule has 6 heteroatoms. The molecule has 0 aliphatic rings. The molecule has 1 atom stereocenters. The Morgan fingerprint density at radius 2 is 1.68 bits per heavy atom. The molecule has 3 N–H and O–H groups in total. The highest BCUT2D eigenvalue weighted by Crippen LogP contribution is 2.36. The minimum Gasteiger partial charge on any atom is -0.508 e. The summed E-state index contributed by atoms with van der Waals surface area (Å²) < 4.78 is 0. The summed E-state index contributed by atoms with van der Waals surface area (Å²) >= 11 is 1.33. The van der Waals surface area contributed by atoms with E-state index in [4.69, 9.17) is 0 Å². The number of phenolic OH excluding ortho intramolecular Hbond substituents is 1. The van der Waals surface area contributed by atoms with Crippen LogP contribution in [0.4, 0.5) is 0 Å². The fourth-order valence-corrected chi connectivity index (χ4v) is 4.41. The highest BCUT2D eigenvalue weighted by atomic mass is 32.1. The van der Waals surface area contributed by atoms with E-state index in [1.54, 1.807) is 12.1 Å². The summed E-state index contributed by atoms with van der Waals surface area (Å²) in [5.74, 6) is -0.222. The van der Waals surface area contributed by atoms with Crippen molar-refractivity contribution < 1.29 is 14.7 Å². The second-order valence-corrected chi connectivity index (χ2v) is 8.38. The van der Waals surface area contributed by atoms with Gasteiger partial charge in [0.05, 0.1) is 17.5 Å². The van der Waals surface area contributed by atoms with Crippen LogP contribution in [0.15, 0.2) is 78.9 Å². The molecule has 1 aromatic heterocycles. The topological polar surface area (TPSA) is 78.4 Å². The predicted molar refractivity (Wildman–Crippen MR) is 123 cm³/mol. The highest BCUT2D eigenvalue weighted by Gasteiger charge is 2.23. The molecule has 5 nitrogen and oxygen atoms in total. The lowest BCUT2D eigenvalue weighted by molar-refractivity contribution is -0.119. The SMILES string of the molecule is CC(=O)NCc1ccc(C(=O)NC(c2ccccc2)c2c(O)ccc3ccccc23)s1. The molecule has 156 valence electrons. The van der Waals surface area contributed by atoms with Crippen LogP contribution in [-0.4, -0.2) is 16.9 Å².